The highest BCUT2D eigenvalue weighted by atomic mass is 35.5. The van der Waals surface area contributed by atoms with Crippen LogP contribution in [0.15, 0.2) is 23.9 Å². The summed E-state index contributed by atoms with van der Waals surface area (Å²) in [5.74, 6) is -0.862. The number of allylic oxidation sites excluding steroid dienone is 1. The molecule has 3 atom stereocenters. The van der Waals surface area contributed by atoms with Crippen LogP contribution in [-0.4, -0.2) is 41.1 Å². The molecule has 3 rings (SSSR count). The molecule has 120 valence electrons. The molecule has 1 saturated heterocycles. The second-order valence-electron chi connectivity index (χ2n) is 6.09. The minimum Gasteiger partial charge on any atom is -0.362 e. The lowest BCUT2D eigenvalue weighted by molar-refractivity contribution is -0.142. The number of nitrogens with zero attached hydrogens (tertiary/aromatic N) is 1. The predicted octanol–water partition coefficient (Wildman–Crippen LogP) is 0.133. The number of rotatable bonds is 2. The minimum absolute atomic E-state index is 0. The summed E-state index contributed by atoms with van der Waals surface area (Å²) in [7, 11) is 0. The topological polar surface area (TPSA) is 92.5 Å². The molecule has 0 saturated carbocycles. The van der Waals surface area contributed by atoms with E-state index in [1.807, 2.05) is 30.2 Å². The van der Waals surface area contributed by atoms with E-state index in [-0.39, 0.29) is 41.8 Å². The number of halogens is 1. The lowest BCUT2D eigenvalue weighted by atomic mass is 9.83. The molecule has 0 spiro atoms. The fourth-order valence-electron chi connectivity index (χ4n) is 3.23. The first-order chi connectivity index (χ1) is 9.95. The number of nitrogens with two attached hydrogens (primary N) is 1. The van der Waals surface area contributed by atoms with E-state index < -0.39 is 5.54 Å². The molecule has 2 heterocycles. The molecule has 3 aliphatic rings. The standard InChI is InChI=1S/C15H19N3O3.ClH/c1-15(5-4-12(19)17-14(15)21)18-7-10-3-2-9(6-16)13(20)11(10)8-18;/h2-3,7,9,11H,4-6,8,16H2,1H3,(H,17,19,21);1H. The number of carbonyl (C=O) groups excluding carboxylic acids is 3. The Kier molecular flexibility index (Phi) is 4.44. The Balaban J connectivity index is 0.00000176. The van der Waals surface area contributed by atoms with Crippen molar-refractivity contribution in [3.8, 4) is 0 Å². The second-order valence-corrected chi connectivity index (χ2v) is 6.09. The van der Waals surface area contributed by atoms with E-state index in [2.05, 4.69) is 5.32 Å². The van der Waals surface area contributed by atoms with Crippen LogP contribution in [0.3, 0.4) is 0 Å². The fourth-order valence-corrected chi connectivity index (χ4v) is 3.23. The van der Waals surface area contributed by atoms with Gasteiger partial charge >= 0.3 is 0 Å². The van der Waals surface area contributed by atoms with Gasteiger partial charge in [-0.15, -0.1) is 12.4 Å². The SMILES string of the molecule is CC1(N2C=C3C=CC(CN)C(=O)C3C2)CCC(=O)NC1=O.Cl. The van der Waals surface area contributed by atoms with Gasteiger partial charge in [-0.05, 0) is 18.9 Å². The van der Waals surface area contributed by atoms with E-state index in [9.17, 15) is 14.4 Å². The molecular weight excluding hydrogens is 306 g/mol. The summed E-state index contributed by atoms with van der Waals surface area (Å²) in [5, 5.41) is 2.39. The van der Waals surface area contributed by atoms with Crippen molar-refractivity contribution in [3.05, 3.63) is 23.9 Å². The number of piperidine rings is 1. The molecular formula is C15H20ClN3O3. The molecule has 1 fully saturated rings. The molecule has 7 heteroatoms. The van der Waals surface area contributed by atoms with Crippen molar-refractivity contribution in [3.63, 3.8) is 0 Å². The number of imide groups is 1. The lowest BCUT2D eigenvalue weighted by Crippen LogP contribution is -2.59. The number of Topliss-reactive ketones (excluding diaryl/α,β-unsaturated/α-hetero) is 1. The third-order valence-electron chi connectivity index (χ3n) is 4.79. The van der Waals surface area contributed by atoms with E-state index in [1.165, 1.54) is 0 Å². The first-order valence-corrected chi connectivity index (χ1v) is 7.20. The van der Waals surface area contributed by atoms with Gasteiger partial charge in [-0.3, -0.25) is 19.7 Å². The Labute approximate surface area is 135 Å². The molecule has 0 bridgehead atoms. The zero-order chi connectivity index (χ0) is 15.2. The number of hydrogen-bond acceptors (Lipinski definition) is 5. The van der Waals surface area contributed by atoms with Gasteiger partial charge in [0.05, 0.1) is 5.92 Å². The molecule has 0 aromatic heterocycles. The predicted molar refractivity (Wildman–Crippen MR) is 83.0 cm³/mol. The smallest absolute Gasteiger partial charge is 0.252 e. The third kappa shape index (κ3) is 2.46. The molecule has 0 aromatic carbocycles. The van der Waals surface area contributed by atoms with E-state index in [0.29, 0.717) is 25.9 Å². The maximum atomic E-state index is 12.4. The van der Waals surface area contributed by atoms with Crippen LogP contribution >= 0.6 is 12.4 Å². The number of carbonyl (C=O) groups is 3. The van der Waals surface area contributed by atoms with Gasteiger partial charge < -0.3 is 10.6 Å². The van der Waals surface area contributed by atoms with E-state index >= 15 is 0 Å². The molecule has 3 unspecified atom stereocenters. The molecule has 1 aliphatic carbocycles. The first-order valence-electron chi connectivity index (χ1n) is 7.20. The van der Waals surface area contributed by atoms with Crippen LogP contribution in [0.25, 0.3) is 0 Å². The van der Waals surface area contributed by atoms with Gasteiger partial charge in [-0.1, -0.05) is 12.2 Å². The Morgan fingerprint density at radius 1 is 1.41 bits per heavy atom. The Hall–Kier alpha value is -1.66. The first kappa shape index (κ1) is 16.7. The third-order valence-corrected chi connectivity index (χ3v) is 4.79. The Morgan fingerprint density at radius 3 is 2.77 bits per heavy atom. The summed E-state index contributed by atoms with van der Waals surface area (Å²) < 4.78 is 0. The average Bonchev–Trinajstić information content (AvgIpc) is 2.89. The Morgan fingerprint density at radius 2 is 2.14 bits per heavy atom. The zero-order valence-electron chi connectivity index (χ0n) is 12.4. The number of hydrogen-bond donors (Lipinski definition) is 2. The normalized spacial score (nSPS) is 34.0. The van der Waals surface area contributed by atoms with Gasteiger partial charge in [0.2, 0.25) is 5.91 Å². The largest absolute Gasteiger partial charge is 0.362 e. The fraction of sp³-hybridized carbons (Fsp3) is 0.533. The summed E-state index contributed by atoms with van der Waals surface area (Å²) in [6.07, 6.45) is 6.43. The van der Waals surface area contributed by atoms with Crippen molar-refractivity contribution in [2.24, 2.45) is 17.6 Å². The number of ketones is 1. The summed E-state index contributed by atoms with van der Waals surface area (Å²) >= 11 is 0. The van der Waals surface area contributed by atoms with Crippen molar-refractivity contribution in [2.45, 2.75) is 25.3 Å². The zero-order valence-corrected chi connectivity index (χ0v) is 13.2. The summed E-state index contributed by atoms with van der Waals surface area (Å²) in [6, 6.07) is 0. The van der Waals surface area contributed by atoms with Crippen LogP contribution in [0.2, 0.25) is 0 Å². The summed E-state index contributed by atoms with van der Waals surface area (Å²) in [5.41, 5.74) is 5.76. The maximum absolute atomic E-state index is 12.4. The second kappa shape index (κ2) is 5.85. The average molecular weight is 326 g/mol. The number of amides is 2. The molecule has 0 aromatic rings. The molecule has 6 nitrogen and oxygen atoms in total. The van der Waals surface area contributed by atoms with Crippen molar-refractivity contribution < 1.29 is 14.4 Å². The van der Waals surface area contributed by atoms with Crippen LogP contribution in [-0.2, 0) is 14.4 Å². The van der Waals surface area contributed by atoms with Crippen molar-refractivity contribution in [2.75, 3.05) is 13.1 Å². The molecule has 2 aliphatic heterocycles. The van der Waals surface area contributed by atoms with Crippen LogP contribution < -0.4 is 11.1 Å². The summed E-state index contributed by atoms with van der Waals surface area (Å²) in [6.45, 7) is 2.61. The van der Waals surface area contributed by atoms with E-state index in [1.54, 1.807) is 0 Å². The highest BCUT2D eigenvalue weighted by Gasteiger charge is 2.47. The molecule has 22 heavy (non-hydrogen) atoms. The van der Waals surface area contributed by atoms with Crippen molar-refractivity contribution >= 4 is 30.0 Å². The van der Waals surface area contributed by atoms with Gasteiger partial charge in [0, 0.05) is 31.6 Å². The molecule has 3 N–H and O–H groups in total. The van der Waals surface area contributed by atoms with Gasteiger partial charge in [-0.2, -0.15) is 0 Å². The van der Waals surface area contributed by atoms with Crippen LogP contribution in [0.4, 0.5) is 0 Å². The van der Waals surface area contributed by atoms with Crippen LogP contribution in [0.1, 0.15) is 19.8 Å². The summed E-state index contributed by atoms with van der Waals surface area (Å²) in [4.78, 5) is 37.8. The number of fused-ring (bicyclic) bond motifs is 1. The van der Waals surface area contributed by atoms with Gasteiger partial charge in [0.15, 0.2) is 0 Å². The minimum atomic E-state index is -0.773. The van der Waals surface area contributed by atoms with Gasteiger partial charge in [-0.25, -0.2) is 0 Å². The van der Waals surface area contributed by atoms with Crippen LogP contribution in [0, 0.1) is 11.8 Å². The van der Waals surface area contributed by atoms with E-state index in [0.717, 1.165) is 5.57 Å². The van der Waals surface area contributed by atoms with Crippen LogP contribution in [0.5, 0.6) is 0 Å². The highest BCUT2D eigenvalue weighted by molar-refractivity contribution is 6.02. The van der Waals surface area contributed by atoms with Gasteiger partial charge in [0.1, 0.15) is 11.3 Å². The molecule has 2 amide bonds. The molecule has 0 radical (unpaired) electrons. The highest BCUT2D eigenvalue weighted by Crippen LogP contribution is 2.36. The Bertz CT molecular complexity index is 587. The van der Waals surface area contributed by atoms with Gasteiger partial charge in [0.25, 0.3) is 5.91 Å². The van der Waals surface area contributed by atoms with E-state index in [4.69, 9.17) is 5.73 Å². The maximum Gasteiger partial charge on any atom is 0.252 e. The number of nitrogens with one attached hydrogen (secondary N) is 1. The lowest BCUT2D eigenvalue weighted by Gasteiger charge is -2.40. The van der Waals surface area contributed by atoms with Crippen molar-refractivity contribution in [1.82, 2.24) is 10.2 Å². The van der Waals surface area contributed by atoms with Crippen molar-refractivity contribution in [1.29, 1.82) is 0 Å². The quantitative estimate of drug-likeness (QED) is 0.704. The monoisotopic (exact) mass is 325 g/mol.